The van der Waals surface area contributed by atoms with Gasteiger partial charge in [0.25, 0.3) is 0 Å². The molecule has 0 saturated heterocycles. The highest BCUT2D eigenvalue weighted by Crippen LogP contribution is 2.22. The van der Waals surface area contributed by atoms with Gasteiger partial charge < -0.3 is 9.32 Å². The van der Waals surface area contributed by atoms with E-state index in [0.717, 1.165) is 10.9 Å². The molecular weight excluding hydrogens is 252 g/mol. The Kier molecular flexibility index (Phi) is 3.29. The van der Waals surface area contributed by atoms with Crippen LogP contribution in [0.3, 0.4) is 0 Å². The number of Topliss-reactive ketones (excluding diaryl/α,β-unsaturated/α-hetero) is 1. The average Bonchev–Trinajstić information content (AvgIpc) is 2.93. The minimum atomic E-state index is 0.121. The molecule has 0 aliphatic rings. The van der Waals surface area contributed by atoms with Crippen LogP contribution in [0.1, 0.15) is 19.2 Å². The van der Waals surface area contributed by atoms with Crippen molar-refractivity contribution in [2.45, 2.75) is 19.8 Å². The normalized spacial score (nSPS) is 10.8. The zero-order chi connectivity index (χ0) is 13.9. The molecule has 0 aliphatic heterocycles. The predicted molar refractivity (Wildman–Crippen MR) is 76.2 cm³/mol. The summed E-state index contributed by atoms with van der Waals surface area (Å²) in [4.78, 5) is 15.3. The first-order chi connectivity index (χ1) is 9.72. The smallest absolute Gasteiger partial charge is 0.227 e. The molecule has 20 heavy (non-hydrogen) atoms. The van der Waals surface area contributed by atoms with Crippen molar-refractivity contribution in [3.63, 3.8) is 0 Å². The van der Waals surface area contributed by atoms with Crippen molar-refractivity contribution in [1.29, 1.82) is 0 Å². The first-order valence-electron chi connectivity index (χ1n) is 6.53. The molecule has 4 heteroatoms. The van der Waals surface area contributed by atoms with Crippen LogP contribution in [0.4, 0.5) is 0 Å². The van der Waals surface area contributed by atoms with E-state index in [0.29, 0.717) is 24.6 Å². The summed E-state index contributed by atoms with van der Waals surface area (Å²) in [5, 5.41) is 6.29. The van der Waals surface area contributed by atoms with Crippen molar-refractivity contribution in [3.8, 4) is 11.4 Å². The minimum Gasteiger partial charge on any atom is -0.339 e. The van der Waals surface area contributed by atoms with Crippen molar-refractivity contribution in [2.75, 3.05) is 0 Å². The molecule has 2 aromatic carbocycles. The molecule has 0 atom stereocenters. The topological polar surface area (TPSA) is 56.0 Å². The second-order valence-corrected chi connectivity index (χ2v) is 4.78. The number of nitrogens with zero attached hydrogens (tertiary/aromatic N) is 2. The molecule has 0 unspecified atom stereocenters. The Labute approximate surface area is 116 Å². The molecule has 0 spiro atoms. The summed E-state index contributed by atoms with van der Waals surface area (Å²) >= 11 is 0. The van der Waals surface area contributed by atoms with E-state index in [4.69, 9.17) is 4.52 Å². The molecule has 1 heterocycles. The van der Waals surface area contributed by atoms with Gasteiger partial charge in [-0.15, -0.1) is 0 Å². The van der Waals surface area contributed by atoms with Crippen LogP contribution in [0.25, 0.3) is 22.2 Å². The molecular formula is C16H14N2O2. The molecule has 0 saturated carbocycles. The number of ketones is 1. The van der Waals surface area contributed by atoms with Crippen molar-refractivity contribution < 1.29 is 9.32 Å². The highest BCUT2D eigenvalue weighted by molar-refractivity contribution is 5.86. The van der Waals surface area contributed by atoms with Crippen molar-refractivity contribution in [2.24, 2.45) is 0 Å². The molecule has 0 aliphatic carbocycles. The Hall–Kier alpha value is -2.49. The van der Waals surface area contributed by atoms with Crippen molar-refractivity contribution >= 4 is 16.6 Å². The van der Waals surface area contributed by atoms with E-state index in [1.807, 2.05) is 30.3 Å². The minimum absolute atomic E-state index is 0.121. The lowest BCUT2D eigenvalue weighted by molar-refractivity contribution is -0.117. The van der Waals surface area contributed by atoms with Gasteiger partial charge in [0.2, 0.25) is 11.7 Å². The van der Waals surface area contributed by atoms with E-state index in [1.54, 1.807) is 6.92 Å². The molecule has 0 bridgehead atoms. The van der Waals surface area contributed by atoms with Gasteiger partial charge in [0.05, 0.1) is 0 Å². The molecule has 100 valence electrons. The molecule has 1 aromatic heterocycles. The van der Waals surface area contributed by atoms with Crippen LogP contribution < -0.4 is 0 Å². The fraction of sp³-hybridized carbons (Fsp3) is 0.188. The number of hydrogen-bond donors (Lipinski definition) is 0. The Morgan fingerprint density at radius 1 is 1.15 bits per heavy atom. The Morgan fingerprint density at radius 3 is 2.75 bits per heavy atom. The monoisotopic (exact) mass is 266 g/mol. The van der Waals surface area contributed by atoms with Gasteiger partial charge in [0.1, 0.15) is 5.78 Å². The van der Waals surface area contributed by atoms with Gasteiger partial charge in [0, 0.05) is 18.4 Å². The standard InChI is InChI=1S/C16H14N2O2/c1-11(19)6-9-15-17-16(18-20-15)14-8-7-12-4-2-3-5-13(12)10-14/h2-5,7-8,10H,6,9H2,1H3. The van der Waals surface area contributed by atoms with Crippen LogP contribution in [0.2, 0.25) is 0 Å². The fourth-order valence-corrected chi connectivity index (χ4v) is 2.09. The summed E-state index contributed by atoms with van der Waals surface area (Å²) in [7, 11) is 0. The fourth-order valence-electron chi connectivity index (χ4n) is 2.09. The summed E-state index contributed by atoms with van der Waals surface area (Å²) < 4.78 is 5.17. The summed E-state index contributed by atoms with van der Waals surface area (Å²) in [6.45, 7) is 1.56. The van der Waals surface area contributed by atoms with Crippen LogP contribution in [-0.4, -0.2) is 15.9 Å². The van der Waals surface area contributed by atoms with E-state index in [1.165, 1.54) is 5.39 Å². The highest BCUT2D eigenvalue weighted by atomic mass is 16.5. The van der Waals surface area contributed by atoms with Gasteiger partial charge in [-0.25, -0.2) is 0 Å². The zero-order valence-corrected chi connectivity index (χ0v) is 11.2. The van der Waals surface area contributed by atoms with Crippen LogP contribution >= 0.6 is 0 Å². The highest BCUT2D eigenvalue weighted by Gasteiger charge is 2.09. The number of fused-ring (bicyclic) bond motifs is 1. The van der Waals surface area contributed by atoms with E-state index in [-0.39, 0.29) is 5.78 Å². The van der Waals surface area contributed by atoms with E-state index in [2.05, 4.69) is 22.3 Å². The summed E-state index contributed by atoms with van der Waals surface area (Å²) in [6, 6.07) is 14.2. The number of carbonyl (C=O) groups is 1. The number of carbonyl (C=O) groups excluding carboxylic acids is 1. The van der Waals surface area contributed by atoms with Crippen LogP contribution in [0.15, 0.2) is 47.0 Å². The second kappa shape index (κ2) is 5.25. The van der Waals surface area contributed by atoms with E-state index in [9.17, 15) is 4.79 Å². The number of aryl methyl sites for hydroxylation is 1. The first kappa shape index (κ1) is 12.5. The maximum absolute atomic E-state index is 11.0. The van der Waals surface area contributed by atoms with Gasteiger partial charge in [-0.2, -0.15) is 4.98 Å². The first-order valence-corrected chi connectivity index (χ1v) is 6.53. The maximum atomic E-state index is 11.0. The number of rotatable bonds is 4. The van der Waals surface area contributed by atoms with E-state index < -0.39 is 0 Å². The van der Waals surface area contributed by atoms with Crippen molar-refractivity contribution in [1.82, 2.24) is 10.1 Å². The van der Waals surface area contributed by atoms with Crippen molar-refractivity contribution in [3.05, 3.63) is 48.4 Å². The lowest BCUT2D eigenvalue weighted by atomic mass is 10.1. The lowest BCUT2D eigenvalue weighted by Gasteiger charge is -1.99. The van der Waals surface area contributed by atoms with Crippen LogP contribution in [-0.2, 0) is 11.2 Å². The largest absolute Gasteiger partial charge is 0.339 e. The Balaban J connectivity index is 1.89. The third-order valence-electron chi connectivity index (χ3n) is 3.17. The number of aromatic nitrogens is 2. The molecule has 0 radical (unpaired) electrons. The third kappa shape index (κ3) is 2.59. The Bertz CT molecular complexity index is 762. The lowest BCUT2D eigenvalue weighted by Crippen LogP contribution is -1.94. The number of hydrogen-bond acceptors (Lipinski definition) is 4. The van der Waals surface area contributed by atoms with Gasteiger partial charge in [0.15, 0.2) is 0 Å². The third-order valence-corrected chi connectivity index (χ3v) is 3.17. The van der Waals surface area contributed by atoms with Crippen LogP contribution in [0.5, 0.6) is 0 Å². The van der Waals surface area contributed by atoms with Gasteiger partial charge in [-0.1, -0.05) is 41.6 Å². The maximum Gasteiger partial charge on any atom is 0.227 e. The molecule has 0 amide bonds. The Morgan fingerprint density at radius 2 is 1.95 bits per heavy atom. The molecule has 3 aromatic rings. The van der Waals surface area contributed by atoms with E-state index >= 15 is 0 Å². The molecule has 0 N–H and O–H groups in total. The number of benzene rings is 2. The molecule has 4 nitrogen and oxygen atoms in total. The second-order valence-electron chi connectivity index (χ2n) is 4.78. The SMILES string of the molecule is CC(=O)CCc1nc(-c2ccc3ccccc3c2)no1. The quantitative estimate of drug-likeness (QED) is 0.726. The average molecular weight is 266 g/mol. The van der Waals surface area contributed by atoms with Gasteiger partial charge >= 0.3 is 0 Å². The summed E-state index contributed by atoms with van der Waals surface area (Å²) in [6.07, 6.45) is 0.926. The molecule has 0 fully saturated rings. The zero-order valence-electron chi connectivity index (χ0n) is 11.2. The summed E-state index contributed by atoms with van der Waals surface area (Å²) in [5.41, 5.74) is 0.918. The van der Waals surface area contributed by atoms with Gasteiger partial charge in [-0.3, -0.25) is 0 Å². The van der Waals surface area contributed by atoms with Crippen LogP contribution in [0, 0.1) is 0 Å². The predicted octanol–water partition coefficient (Wildman–Crippen LogP) is 3.41. The van der Waals surface area contributed by atoms with Gasteiger partial charge in [-0.05, 0) is 23.8 Å². The summed E-state index contributed by atoms with van der Waals surface area (Å²) in [5.74, 6) is 1.19. The molecule has 3 rings (SSSR count).